The molecule has 9 heteroatoms. The van der Waals surface area contributed by atoms with Crippen molar-refractivity contribution in [3.8, 4) is 22.7 Å². The lowest BCUT2D eigenvalue weighted by atomic mass is 10.2. The second kappa shape index (κ2) is 7.34. The Morgan fingerprint density at radius 1 is 1.15 bits per heavy atom. The molecule has 8 nitrogen and oxygen atoms in total. The lowest BCUT2D eigenvalue weighted by molar-refractivity contribution is -0.117. The van der Waals surface area contributed by atoms with Gasteiger partial charge in [-0.1, -0.05) is 0 Å². The molecule has 0 aliphatic rings. The molecule has 0 aliphatic carbocycles. The SMILES string of the molecule is O=C(Cn1nc(-c2ccncc2)ccc1=O)Nc1nc(-c2ccco2)cs1. The summed E-state index contributed by atoms with van der Waals surface area (Å²) in [5.41, 5.74) is 1.66. The summed E-state index contributed by atoms with van der Waals surface area (Å²) in [6.45, 7) is -0.215. The quantitative estimate of drug-likeness (QED) is 0.572. The van der Waals surface area contributed by atoms with E-state index < -0.39 is 5.91 Å². The van der Waals surface area contributed by atoms with Crippen LogP contribution in [0.3, 0.4) is 0 Å². The zero-order chi connectivity index (χ0) is 18.6. The summed E-state index contributed by atoms with van der Waals surface area (Å²) >= 11 is 1.27. The van der Waals surface area contributed by atoms with Gasteiger partial charge >= 0.3 is 0 Å². The third-order valence-electron chi connectivity index (χ3n) is 3.66. The number of rotatable bonds is 5. The molecule has 134 valence electrons. The minimum atomic E-state index is -0.392. The van der Waals surface area contributed by atoms with Crippen molar-refractivity contribution in [2.75, 3.05) is 5.32 Å². The molecule has 27 heavy (non-hydrogen) atoms. The molecule has 0 aromatic carbocycles. The molecule has 4 aromatic rings. The number of hydrogen-bond acceptors (Lipinski definition) is 7. The number of carbonyl (C=O) groups is 1. The van der Waals surface area contributed by atoms with Crippen LogP contribution in [0.25, 0.3) is 22.7 Å². The topological polar surface area (TPSA) is 103 Å². The van der Waals surface area contributed by atoms with Crippen molar-refractivity contribution in [3.05, 3.63) is 70.8 Å². The van der Waals surface area contributed by atoms with Crippen molar-refractivity contribution >= 4 is 22.4 Å². The highest BCUT2D eigenvalue weighted by atomic mass is 32.1. The van der Waals surface area contributed by atoms with Gasteiger partial charge in [-0.3, -0.25) is 14.6 Å². The number of furan rings is 1. The van der Waals surface area contributed by atoms with Crippen LogP contribution in [-0.4, -0.2) is 25.7 Å². The Morgan fingerprint density at radius 2 is 2.00 bits per heavy atom. The van der Waals surface area contributed by atoms with Crippen LogP contribution < -0.4 is 10.9 Å². The van der Waals surface area contributed by atoms with E-state index in [1.165, 1.54) is 17.4 Å². The molecule has 0 fully saturated rings. The largest absolute Gasteiger partial charge is 0.463 e. The van der Waals surface area contributed by atoms with E-state index in [2.05, 4.69) is 20.4 Å². The number of thiazole rings is 1. The number of aromatic nitrogens is 4. The Morgan fingerprint density at radius 3 is 2.78 bits per heavy atom. The van der Waals surface area contributed by atoms with Gasteiger partial charge in [0.1, 0.15) is 12.2 Å². The minimum Gasteiger partial charge on any atom is -0.463 e. The van der Waals surface area contributed by atoms with Gasteiger partial charge in [-0.25, -0.2) is 9.67 Å². The second-order valence-electron chi connectivity index (χ2n) is 5.51. The van der Waals surface area contributed by atoms with Crippen molar-refractivity contribution in [2.45, 2.75) is 6.54 Å². The monoisotopic (exact) mass is 379 g/mol. The van der Waals surface area contributed by atoms with Gasteiger partial charge in [0.15, 0.2) is 10.9 Å². The summed E-state index contributed by atoms with van der Waals surface area (Å²) in [4.78, 5) is 32.6. The number of amides is 1. The number of nitrogens with zero attached hydrogens (tertiary/aromatic N) is 4. The van der Waals surface area contributed by atoms with Crippen LogP contribution in [0.1, 0.15) is 0 Å². The second-order valence-corrected chi connectivity index (χ2v) is 6.37. The third kappa shape index (κ3) is 3.82. The molecule has 0 spiro atoms. The first-order chi connectivity index (χ1) is 13.2. The Kier molecular flexibility index (Phi) is 4.58. The highest BCUT2D eigenvalue weighted by molar-refractivity contribution is 7.14. The highest BCUT2D eigenvalue weighted by Crippen LogP contribution is 2.25. The maximum absolute atomic E-state index is 12.3. The summed E-state index contributed by atoms with van der Waals surface area (Å²) in [6, 6.07) is 10.1. The average Bonchev–Trinajstić information content (AvgIpc) is 3.36. The number of carbonyl (C=O) groups excluding carboxylic acids is 1. The van der Waals surface area contributed by atoms with Crippen molar-refractivity contribution in [3.63, 3.8) is 0 Å². The van der Waals surface area contributed by atoms with Crippen LogP contribution in [0.4, 0.5) is 5.13 Å². The van der Waals surface area contributed by atoms with E-state index in [4.69, 9.17) is 4.42 Å². The lowest BCUT2D eigenvalue weighted by Crippen LogP contribution is -2.29. The predicted molar refractivity (Wildman–Crippen MR) is 100 cm³/mol. The Bertz CT molecular complexity index is 1120. The van der Waals surface area contributed by atoms with Gasteiger partial charge in [-0.05, 0) is 30.3 Å². The molecule has 4 heterocycles. The molecule has 1 amide bonds. The zero-order valence-electron chi connectivity index (χ0n) is 13.9. The summed E-state index contributed by atoms with van der Waals surface area (Å²) in [7, 11) is 0. The van der Waals surface area contributed by atoms with Crippen molar-refractivity contribution in [2.24, 2.45) is 0 Å². The molecule has 0 radical (unpaired) electrons. The first kappa shape index (κ1) is 16.9. The van der Waals surface area contributed by atoms with Gasteiger partial charge in [-0.15, -0.1) is 11.3 Å². The fourth-order valence-corrected chi connectivity index (χ4v) is 3.12. The molecule has 4 rings (SSSR count). The van der Waals surface area contributed by atoms with E-state index in [0.29, 0.717) is 22.3 Å². The zero-order valence-corrected chi connectivity index (χ0v) is 14.7. The van der Waals surface area contributed by atoms with E-state index in [-0.39, 0.29) is 12.1 Å². The summed E-state index contributed by atoms with van der Waals surface area (Å²) < 4.78 is 6.39. The third-order valence-corrected chi connectivity index (χ3v) is 4.42. The number of anilines is 1. The van der Waals surface area contributed by atoms with Crippen molar-refractivity contribution < 1.29 is 9.21 Å². The lowest BCUT2D eigenvalue weighted by Gasteiger charge is -2.07. The van der Waals surface area contributed by atoms with E-state index in [1.807, 2.05) is 0 Å². The van der Waals surface area contributed by atoms with Gasteiger partial charge in [0.25, 0.3) is 5.56 Å². The van der Waals surface area contributed by atoms with Crippen LogP contribution in [0.5, 0.6) is 0 Å². The predicted octanol–water partition coefficient (Wildman–Crippen LogP) is 2.66. The van der Waals surface area contributed by atoms with Gasteiger partial charge in [0, 0.05) is 29.4 Å². The Labute approximate surface area is 157 Å². The van der Waals surface area contributed by atoms with E-state index in [1.54, 1.807) is 54.4 Å². The number of pyridine rings is 1. The Balaban J connectivity index is 1.49. The van der Waals surface area contributed by atoms with E-state index >= 15 is 0 Å². The molecule has 1 N–H and O–H groups in total. The van der Waals surface area contributed by atoms with Gasteiger partial charge in [0.2, 0.25) is 5.91 Å². The normalized spacial score (nSPS) is 10.7. The first-order valence-electron chi connectivity index (χ1n) is 7.97. The number of nitrogens with one attached hydrogen (secondary N) is 1. The van der Waals surface area contributed by atoms with Crippen molar-refractivity contribution in [1.29, 1.82) is 0 Å². The standard InChI is InChI=1S/C18H13N5O3S/c24-16(21-18-20-14(11-27-18)15-2-1-9-26-15)10-23-17(25)4-3-13(22-23)12-5-7-19-8-6-12/h1-9,11H,10H2,(H,20,21,24). The van der Waals surface area contributed by atoms with Gasteiger partial charge in [-0.2, -0.15) is 5.10 Å². The van der Waals surface area contributed by atoms with Crippen LogP contribution in [0.2, 0.25) is 0 Å². The molecule has 0 unspecified atom stereocenters. The van der Waals surface area contributed by atoms with Crippen molar-refractivity contribution in [1.82, 2.24) is 19.7 Å². The molecule has 0 bridgehead atoms. The minimum absolute atomic E-state index is 0.215. The molecular formula is C18H13N5O3S. The molecule has 0 saturated carbocycles. The molecular weight excluding hydrogens is 366 g/mol. The fraction of sp³-hybridized carbons (Fsp3) is 0.0556. The van der Waals surface area contributed by atoms with E-state index in [0.717, 1.165) is 10.2 Å². The maximum Gasteiger partial charge on any atom is 0.267 e. The molecule has 0 aliphatic heterocycles. The summed E-state index contributed by atoms with van der Waals surface area (Å²) in [6.07, 6.45) is 4.83. The van der Waals surface area contributed by atoms with Crippen LogP contribution >= 0.6 is 11.3 Å². The number of hydrogen-bond donors (Lipinski definition) is 1. The summed E-state index contributed by atoms with van der Waals surface area (Å²) in [5.74, 6) is 0.228. The smallest absolute Gasteiger partial charge is 0.267 e. The van der Waals surface area contributed by atoms with Crippen LogP contribution in [-0.2, 0) is 11.3 Å². The van der Waals surface area contributed by atoms with Crippen LogP contribution in [0, 0.1) is 0 Å². The molecule has 0 saturated heterocycles. The highest BCUT2D eigenvalue weighted by Gasteiger charge is 2.12. The Hall–Kier alpha value is -3.59. The average molecular weight is 379 g/mol. The fourth-order valence-electron chi connectivity index (χ4n) is 2.40. The maximum atomic E-state index is 12.3. The first-order valence-corrected chi connectivity index (χ1v) is 8.85. The van der Waals surface area contributed by atoms with Crippen LogP contribution in [0.15, 0.2) is 69.6 Å². The van der Waals surface area contributed by atoms with E-state index in [9.17, 15) is 9.59 Å². The summed E-state index contributed by atoms with van der Waals surface area (Å²) in [5, 5.41) is 9.13. The van der Waals surface area contributed by atoms with Gasteiger partial charge < -0.3 is 9.73 Å². The van der Waals surface area contributed by atoms with Gasteiger partial charge in [0.05, 0.1) is 12.0 Å². The molecule has 4 aromatic heterocycles. The molecule has 0 atom stereocenters.